The van der Waals surface area contributed by atoms with E-state index in [4.69, 9.17) is 5.73 Å². The first kappa shape index (κ1) is 17.6. The van der Waals surface area contributed by atoms with Crippen LogP contribution in [0.5, 0.6) is 0 Å². The lowest BCUT2D eigenvalue weighted by Crippen LogP contribution is -2.28. The molecular weight excluding hydrogens is 310 g/mol. The average Bonchev–Trinajstić information content (AvgIpc) is 3.15. The number of amides is 1. The van der Waals surface area contributed by atoms with E-state index in [1.54, 1.807) is 0 Å². The van der Waals surface area contributed by atoms with Gasteiger partial charge in [-0.15, -0.1) is 0 Å². The van der Waals surface area contributed by atoms with Crippen molar-refractivity contribution in [3.63, 3.8) is 0 Å². The van der Waals surface area contributed by atoms with E-state index in [2.05, 4.69) is 28.4 Å². The van der Waals surface area contributed by atoms with Crippen molar-refractivity contribution >= 4 is 5.91 Å². The number of carbonyl (C=O) groups excluding carboxylic acids is 1. The van der Waals surface area contributed by atoms with Gasteiger partial charge < -0.3 is 11.1 Å². The van der Waals surface area contributed by atoms with E-state index < -0.39 is 0 Å². The second-order valence-corrected chi connectivity index (χ2v) is 6.75. The molecule has 1 unspecified atom stereocenters. The minimum absolute atomic E-state index is 0.00710. The standard InChI is InChI=1S/C21H27N3O/c22-20(17-8-2-1-3-9-17)14-21(25)23-15-18-10-4-5-11-19(18)16-24-12-6-7-13-24/h1-5,8-11,20H,6-7,12-16,22H2,(H,23,25). The first-order chi connectivity index (χ1) is 12.2. The second-order valence-electron chi connectivity index (χ2n) is 6.75. The van der Waals surface area contributed by atoms with Crippen LogP contribution in [0.2, 0.25) is 0 Å². The van der Waals surface area contributed by atoms with Crippen LogP contribution in [0.1, 0.15) is 42.0 Å². The Hall–Kier alpha value is -2.17. The fraction of sp³-hybridized carbons (Fsp3) is 0.381. The molecule has 1 atom stereocenters. The van der Waals surface area contributed by atoms with Crippen LogP contribution in [0.4, 0.5) is 0 Å². The number of rotatable bonds is 7. The normalized spacial score (nSPS) is 15.9. The highest BCUT2D eigenvalue weighted by atomic mass is 16.1. The third-order valence-electron chi connectivity index (χ3n) is 4.82. The Bertz CT molecular complexity index is 681. The van der Waals surface area contributed by atoms with Crippen LogP contribution in [-0.4, -0.2) is 23.9 Å². The van der Waals surface area contributed by atoms with Gasteiger partial charge in [-0.1, -0.05) is 54.6 Å². The van der Waals surface area contributed by atoms with E-state index in [0.29, 0.717) is 13.0 Å². The van der Waals surface area contributed by atoms with E-state index in [1.165, 1.54) is 37.1 Å². The maximum Gasteiger partial charge on any atom is 0.222 e. The molecule has 0 aromatic heterocycles. The van der Waals surface area contributed by atoms with Crippen LogP contribution in [0.15, 0.2) is 54.6 Å². The Morgan fingerprint density at radius 2 is 1.64 bits per heavy atom. The SMILES string of the molecule is NC(CC(=O)NCc1ccccc1CN1CCCC1)c1ccccc1. The van der Waals surface area contributed by atoms with E-state index in [1.807, 2.05) is 36.4 Å². The van der Waals surface area contributed by atoms with Crippen molar-refractivity contribution in [2.45, 2.75) is 38.4 Å². The van der Waals surface area contributed by atoms with Gasteiger partial charge in [0.25, 0.3) is 0 Å². The highest BCUT2D eigenvalue weighted by Gasteiger charge is 2.15. The van der Waals surface area contributed by atoms with E-state index in [0.717, 1.165) is 12.1 Å². The summed E-state index contributed by atoms with van der Waals surface area (Å²) >= 11 is 0. The summed E-state index contributed by atoms with van der Waals surface area (Å²) in [5, 5.41) is 3.03. The highest BCUT2D eigenvalue weighted by Crippen LogP contribution is 2.17. The van der Waals surface area contributed by atoms with E-state index >= 15 is 0 Å². The molecule has 0 bridgehead atoms. The zero-order valence-corrected chi connectivity index (χ0v) is 14.7. The van der Waals surface area contributed by atoms with Gasteiger partial charge in [-0.05, 0) is 42.6 Å². The molecule has 1 aliphatic rings. The number of nitrogens with zero attached hydrogens (tertiary/aromatic N) is 1. The third kappa shape index (κ3) is 5.15. The minimum Gasteiger partial charge on any atom is -0.352 e. The van der Waals surface area contributed by atoms with Crippen molar-refractivity contribution in [2.75, 3.05) is 13.1 Å². The lowest BCUT2D eigenvalue weighted by Gasteiger charge is -2.18. The van der Waals surface area contributed by atoms with E-state index in [9.17, 15) is 4.79 Å². The van der Waals surface area contributed by atoms with Crippen LogP contribution in [0.25, 0.3) is 0 Å². The van der Waals surface area contributed by atoms with Crippen LogP contribution < -0.4 is 11.1 Å². The molecule has 2 aromatic rings. The number of carbonyl (C=O) groups is 1. The molecule has 1 saturated heterocycles. The predicted molar refractivity (Wildman–Crippen MR) is 101 cm³/mol. The Balaban J connectivity index is 1.53. The summed E-state index contributed by atoms with van der Waals surface area (Å²) < 4.78 is 0. The molecule has 4 heteroatoms. The van der Waals surface area contributed by atoms with Crippen LogP contribution in [-0.2, 0) is 17.9 Å². The summed E-state index contributed by atoms with van der Waals surface area (Å²) in [6, 6.07) is 17.9. The molecule has 25 heavy (non-hydrogen) atoms. The zero-order valence-electron chi connectivity index (χ0n) is 14.7. The molecule has 1 heterocycles. The van der Waals surface area contributed by atoms with Gasteiger partial charge in [0.2, 0.25) is 5.91 Å². The Morgan fingerprint density at radius 1 is 1.00 bits per heavy atom. The molecule has 3 rings (SSSR count). The van der Waals surface area contributed by atoms with Gasteiger partial charge in [-0.3, -0.25) is 9.69 Å². The molecule has 1 amide bonds. The Kier molecular flexibility index (Phi) is 6.20. The largest absolute Gasteiger partial charge is 0.352 e. The maximum atomic E-state index is 12.3. The van der Waals surface area contributed by atoms with Gasteiger partial charge in [0.1, 0.15) is 0 Å². The highest BCUT2D eigenvalue weighted by molar-refractivity contribution is 5.76. The molecule has 3 N–H and O–H groups in total. The number of benzene rings is 2. The lowest BCUT2D eigenvalue weighted by molar-refractivity contribution is -0.121. The molecule has 2 aromatic carbocycles. The number of nitrogens with two attached hydrogens (primary N) is 1. The fourth-order valence-corrected chi connectivity index (χ4v) is 3.35. The number of likely N-dealkylation sites (tertiary alicyclic amines) is 1. The number of nitrogens with one attached hydrogen (secondary N) is 1. The van der Waals surface area contributed by atoms with Crippen molar-refractivity contribution in [1.29, 1.82) is 0 Å². The Labute approximate surface area is 150 Å². The predicted octanol–water partition coefficient (Wildman–Crippen LogP) is 2.99. The summed E-state index contributed by atoms with van der Waals surface area (Å²) in [6.45, 7) is 3.87. The molecule has 0 radical (unpaired) electrons. The maximum absolute atomic E-state index is 12.3. The summed E-state index contributed by atoms with van der Waals surface area (Å²) in [4.78, 5) is 14.7. The van der Waals surface area contributed by atoms with Gasteiger partial charge in [0, 0.05) is 25.6 Å². The van der Waals surface area contributed by atoms with Crippen molar-refractivity contribution in [3.05, 3.63) is 71.3 Å². The van der Waals surface area contributed by atoms with E-state index in [-0.39, 0.29) is 11.9 Å². The van der Waals surface area contributed by atoms with Crippen LogP contribution in [0, 0.1) is 0 Å². The van der Waals surface area contributed by atoms with Crippen molar-refractivity contribution < 1.29 is 4.79 Å². The average molecular weight is 337 g/mol. The van der Waals surface area contributed by atoms with Gasteiger partial charge in [-0.2, -0.15) is 0 Å². The van der Waals surface area contributed by atoms with Gasteiger partial charge in [0.05, 0.1) is 0 Å². The first-order valence-electron chi connectivity index (χ1n) is 9.09. The second kappa shape index (κ2) is 8.79. The minimum atomic E-state index is -0.263. The van der Waals surface area contributed by atoms with Crippen LogP contribution >= 0.6 is 0 Å². The smallest absolute Gasteiger partial charge is 0.222 e. The monoisotopic (exact) mass is 337 g/mol. The van der Waals surface area contributed by atoms with Crippen molar-refractivity contribution in [2.24, 2.45) is 5.73 Å². The molecule has 4 nitrogen and oxygen atoms in total. The molecule has 0 saturated carbocycles. The Morgan fingerprint density at radius 3 is 2.36 bits per heavy atom. The summed E-state index contributed by atoms with van der Waals surface area (Å²) in [7, 11) is 0. The molecule has 0 spiro atoms. The summed E-state index contributed by atoms with van der Waals surface area (Å²) in [5.74, 6) is -0.00710. The number of hydrogen-bond acceptors (Lipinski definition) is 3. The van der Waals surface area contributed by atoms with Gasteiger partial charge in [0.15, 0.2) is 0 Å². The van der Waals surface area contributed by atoms with Crippen molar-refractivity contribution in [1.82, 2.24) is 10.2 Å². The zero-order chi connectivity index (χ0) is 17.5. The summed E-state index contributed by atoms with van der Waals surface area (Å²) in [6.07, 6.45) is 2.88. The molecule has 1 fully saturated rings. The number of hydrogen-bond donors (Lipinski definition) is 2. The summed E-state index contributed by atoms with van der Waals surface area (Å²) in [5.41, 5.74) is 9.62. The van der Waals surface area contributed by atoms with Gasteiger partial charge >= 0.3 is 0 Å². The molecule has 0 aliphatic carbocycles. The lowest BCUT2D eigenvalue weighted by atomic mass is 10.0. The van der Waals surface area contributed by atoms with Crippen LogP contribution in [0.3, 0.4) is 0 Å². The van der Waals surface area contributed by atoms with Gasteiger partial charge in [-0.25, -0.2) is 0 Å². The fourth-order valence-electron chi connectivity index (χ4n) is 3.35. The quantitative estimate of drug-likeness (QED) is 0.816. The first-order valence-corrected chi connectivity index (χ1v) is 9.09. The molecule has 132 valence electrons. The topological polar surface area (TPSA) is 58.4 Å². The molecule has 1 aliphatic heterocycles. The van der Waals surface area contributed by atoms with Crippen molar-refractivity contribution in [3.8, 4) is 0 Å². The third-order valence-corrected chi connectivity index (χ3v) is 4.82. The molecular formula is C21H27N3O.